The van der Waals surface area contributed by atoms with Crippen molar-refractivity contribution in [3.05, 3.63) is 29.8 Å². The third-order valence-corrected chi connectivity index (χ3v) is 2.33. The van der Waals surface area contributed by atoms with Crippen LogP contribution in [-0.4, -0.2) is 35.5 Å². The average molecular weight is 241 g/mol. The molecule has 0 saturated heterocycles. The quantitative estimate of drug-likeness (QED) is 0.377. The number of benzene rings is 1. The zero-order valence-corrected chi connectivity index (χ0v) is 9.44. The summed E-state index contributed by atoms with van der Waals surface area (Å²) in [5, 5.41) is 20.4. The molecule has 0 aliphatic rings. The second-order valence-corrected chi connectivity index (χ2v) is 3.67. The van der Waals surface area contributed by atoms with Crippen molar-refractivity contribution in [2.75, 3.05) is 12.4 Å². The summed E-state index contributed by atoms with van der Waals surface area (Å²) in [6.07, 6.45) is 0.723. The van der Waals surface area contributed by atoms with Crippen LogP contribution in [0, 0.1) is 0 Å². The van der Waals surface area contributed by atoms with Gasteiger partial charge in [0.05, 0.1) is 0 Å². The van der Waals surface area contributed by atoms with Crippen molar-refractivity contribution in [1.29, 1.82) is 0 Å². The average Bonchev–Trinajstić information content (AvgIpc) is 2.29. The molecule has 16 heavy (non-hydrogen) atoms. The lowest BCUT2D eigenvalue weighted by Crippen LogP contribution is -2.30. The fourth-order valence-corrected chi connectivity index (χ4v) is 1.31. The van der Waals surface area contributed by atoms with Gasteiger partial charge >= 0.3 is 7.12 Å². The van der Waals surface area contributed by atoms with Crippen molar-refractivity contribution < 1.29 is 14.8 Å². The predicted octanol–water partition coefficient (Wildman–Crippen LogP) is -0.275. The highest BCUT2D eigenvalue weighted by molar-refractivity contribution is 6.58. The van der Waals surface area contributed by atoms with Crippen molar-refractivity contribution in [3.63, 3.8) is 0 Å². The number of hydrogen-bond donors (Lipinski definition) is 3. The second kappa shape index (κ2) is 6.53. The number of carbonyl (C=O) groups excluding carboxylic acids is 1. The Hall–Kier alpha value is -1.04. The molecule has 1 aromatic carbocycles. The first-order chi connectivity index (χ1) is 7.65. The first-order valence-electron chi connectivity index (χ1n) is 4.95. The van der Waals surface area contributed by atoms with Gasteiger partial charge in [-0.15, -0.1) is 11.6 Å². The van der Waals surface area contributed by atoms with Crippen LogP contribution in [0.3, 0.4) is 0 Å². The molecule has 4 nitrogen and oxygen atoms in total. The monoisotopic (exact) mass is 241 g/mol. The summed E-state index contributed by atoms with van der Waals surface area (Å²) in [7, 11) is -1.51. The lowest BCUT2D eigenvalue weighted by molar-refractivity contribution is 0.0954. The van der Waals surface area contributed by atoms with E-state index in [-0.39, 0.29) is 5.91 Å². The molecule has 0 bridgehead atoms. The van der Waals surface area contributed by atoms with Gasteiger partial charge in [-0.25, -0.2) is 0 Å². The first kappa shape index (κ1) is 13.0. The molecule has 1 amide bonds. The molecule has 0 atom stereocenters. The molecule has 1 rings (SSSR count). The summed E-state index contributed by atoms with van der Waals surface area (Å²) in [6.45, 7) is 0.534. The minimum absolute atomic E-state index is 0.191. The molecular formula is C10H13BClNO3. The van der Waals surface area contributed by atoms with E-state index in [4.69, 9.17) is 21.6 Å². The maximum absolute atomic E-state index is 11.5. The second-order valence-electron chi connectivity index (χ2n) is 3.29. The molecule has 0 aliphatic heterocycles. The van der Waals surface area contributed by atoms with Gasteiger partial charge in [0, 0.05) is 18.0 Å². The molecule has 0 radical (unpaired) electrons. The first-order valence-corrected chi connectivity index (χ1v) is 5.49. The van der Waals surface area contributed by atoms with Gasteiger partial charge in [-0.05, 0) is 24.0 Å². The lowest BCUT2D eigenvalue weighted by atomic mass is 9.80. The van der Waals surface area contributed by atoms with Crippen molar-refractivity contribution in [3.8, 4) is 0 Å². The third-order valence-electron chi connectivity index (χ3n) is 2.07. The molecule has 0 aromatic heterocycles. The molecule has 1 aromatic rings. The summed E-state index contributed by atoms with van der Waals surface area (Å²) < 4.78 is 0. The summed E-state index contributed by atoms with van der Waals surface area (Å²) in [5.41, 5.74) is 0.844. The van der Waals surface area contributed by atoms with Crippen LogP contribution in [0.5, 0.6) is 0 Å². The maximum Gasteiger partial charge on any atom is 0.488 e. The van der Waals surface area contributed by atoms with Crippen molar-refractivity contribution in [2.45, 2.75) is 6.42 Å². The van der Waals surface area contributed by atoms with Crippen LogP contribution in [-0.2, 0) is 0 Å². The Morgan fingerprint density at radius 1 is 1.31 bits per heavy atom. The molecule has 6 heteroatoms. The Bertz CT molecular complexity index is 342. The number of halogens is 1. The maximum atomic E-state index is 11.5. The topological polar surface area (TPSA) is 69.6 Å². The zero-order valence-electron chi connectivity index (χ0n) is 8.69. The van der Waals surface area contributed by atoms with E-state index in [1.54, 1.807) is 12.1 Å². The number of amides is 1. The Kier molecular flexibility index (Phi) is 5.32. The van der Waals surface area contributed by atoms with Gasteiger partial charge in [0.25, 0.3) is 5.91 Å². The Balaban J connectivity index is 2.56. The van der Waals surface area contributed by atoms with Crippen LogP contribution >= 0.6 is 11.6 Å². The third kappa shape index (κ3) is 3.85. The summed E-state index contributed by atoms with van der Waals surface area (Å²) in [6, 6.07) is 6.10. The zero-order chi connectivity index (χ0) is 12.0. The smallest absolute Gasteiger partial charge is 0.423 e. The van der Waals surface area contributed by atoms with E-state index in [9.17, 15) is 4.79 Å². The Morgan fingerprint density at radius 3 is 2.44 bits per heavy atom. The normalized spacial score (nSPS) is 9.94. The molecule has 0 spiro atoms. The van der Waals surface area contributed by atoms with E-state index in [0.717, 1.165) is 6.42 Å². The minimum Gasteiger partial charge on any atom is -0.423 e. The highest BCUT2D eigenvalue weighted by atomic mass is 35.5. The van der Waals surface area contributed by atoms with Gasteiger partial charge in [0.15, 0.2) is 0 Å². The summed E-state index contributed by atoms with van der Waals surface area (Å²) in [4.78, 5) is 11.5. The fourth-order valence-electron chi connectivity index (χ4n) is 1.18. The standard InChI is InChI=1S/C10H13BClNO3/c12-6-1-7-13-10(14)8-2-4-9(5-3-8)11(15)16/h2-5,15-16H,1,6-7H2,(H,13,14). The van der Waals surface area contributed by atoms with Crippen LogP contribution < -0.4 is 10.8 Å². The van der Waals surface area contributed by atoms with E-state index in [1.807, 2.05) is 0 Å². The number of alkyl halides is 1. The van der Waals surface area contributed by atoms with Gasteiger partial charge in [-0.2, -0.15) is 0 Å². The van der Waals surface area contributed by atoms with E-state index >= 15 is 0 Å². The van der Waals surface area contributed by atoms with E-state index in [0.29, 0.717) is 23.5 Å². The number of carbonyl (C=O) groups is 1. The van der Waals surface area contributed by atoms with E-state index < -0.39 is 7.12 Å². The predicted molar refractivity (Wildman–Crippen MR) is 63.9 cm³/mol. The van der Waals surface area contributed by atoms with Crippen LogP contribution in [0.25, 0.3) is 0 Å². The molecule has 0 fully saturated rings. The number of nitrogens with one attached hydrogen (secondary N) is 1. The number of hydrogen-bond acceptors (Lipinski definition) is 3. The van der Waals surface area contributed by atoms with Crippen LogP contribution in [0.15, 0.2) is 24.3 Å². The molecule has 3 N–H and O–H groups in total. The fraction of sp³-hybridized carbons (Fsp3) is 0.300. The summed E-state index contributed by atoms with van der Waals surface area (Å²) >= 11 is 5.48. The molecule has 0 heterocycles. The van der Waals surface area contributed by atoms with Gasteiger partial charge in [-0.3, -0.25) is 4.79 Å². The van der Waals surface area contributed by atoms with Gasteiger partial charge in [-0.1, -0.05) is 12.1 Å². The molecular weight excluding hydrogens is 228 g/mol. The Labute approximate surface area is 99.4 Å². The highest BCUT2D eigenvalue weighted by Gasteiger charge is 2.11. The van der Waals surface area contributed by atoms with Crippen molar-refractivity contribution in [1.82, 2.24) is 5.32 Å². The summed E-state index contributed by atoms with van der Waals surface area (Å²) in [5.74, 6) is 0.319. The molecule has 0 unspecified atom stereocenters. The van der Waals surface area contributed by atoms with Gasteiger partial charge < -0.3 is 15.4 Å². The Morgan fingerprint density at radius 2 is 1.94 bits per heavy atom. The van der Waals surface area contributed by atoms with Gasteiger partial charge in [0.2, 0.25) is 0 Å². The highest BCUT2D eigenvalue weighted by Crippen LogP contribution is 1.97. The van der Waals surface area contributed by atoms with Gasteiger partial charge in [0.1, 0.15) is 0 Å². The van der Waals surface area contributed by atoms with Crippen LogP contribution in [0.2, 0.25) is 0 Å². The van der Waals surface area contributed by atoms with Crippen LogP contribution in [0.1, 0.15) is 16.8 Å². The minimum atomic E-state index is -1.51. The molecule has 0 saturated carbocycles. The number of rotatable bonds is 5. The van der Waals surface area contributed by atoms with E-state index in [1.165, 1.54) is 12.1 Å². The van der Waals surface area contributed by atoms with Crippen LogP contribution in [0.4, 0.5) is 0 Å². The van der Waals surface area contributed by atoms with Crippen molar-refractivity contribution in [2.24, 2.45) is 0 Å². The SMILES string of the molecule is O=C(NCCCCl)c1ccc(B(O)O)cc1. The van der Waals surface area contributed by atoms with Crippen molar-refractivity contribution >= 4 is 30.1 Å². The largest absolute Gasteiger partial charge is 0.488 e. The van der Waals surface area contributed by atoms with E-state index in [2.05, 4.69) is 5.32 Å². The lowest BCUT2D eigenvalue weighted by Gasteiger charge is -2.05. The molecule has 86 valence electrons. The molecule has 0 aliphatic carbocycles.